The minimum Gasteiger partial charge on any atom is -0.478 e. The summed E-state index contributed by atoms with van der Waals surface area (Å²) in [5.74, 6) is -2.54. The van der Waals surface area contributed by atoms with Crippen LogP contribution in [0.3, 0.4) is 0 Å². The van der Waals surface area contributed by atoms with Gasteiger partial charge < -0.3 is 9.84 Å². The molecule has 0 fully saturated rings. The Bertz CT molecular complexity index is 554. The van der Waals surface area contributed by atoms with Gasteiger partial charge in [0.1, 0.15) is 0 Å². The van der Waals surface area contributed by atoms with E-state index in [1.165, 1.54) is 0 Å². The van der Waals surface area contributed by atoms with Crippen LogP contribution in [0.1, 0.15) is 20.7 Å². The van der Waals surface area contributed by atoms with Crippen molar-refractivity contribution < 1.29 is 19.4 Å². The molecule has 0 aliphatic rings. The molecule has 0 aromatic heterocycles. The van der Waals surface area contributed by atoms with Gasteiger partial charge in [-0.15, -0.1) is 0 Å². The number of halogens is 4. The molecule has 18 heavy (non-hydrogen) atoms. The highest BCUT2D eigenvalue weighted by atomic mass is 35.5. The maximum Gasteiger partial charge on any atom is 0.345 e. The van der Waals surface area contributed by atoms with Gasteiger partial charge in [-0.1, -0.05) is 53.0 Å². The minimum atomic E-state index is -1.49. The number of esters is 1. The Morgan fingerprint density at radius 3 is 1.83 bits per heavy atom. The molecule has 0 radical (unpaired) electrons. The Kier molecular flexibility index (Phi) is 4.87. The van der Waals surface area contributed by atoms with E-state index in [1.807, 2.05) is 0 Å². The van der Waals surface area contributed by atoms with Crippen molar-refractivity contribution >= 4 is 58.3 Å². The number of carboxylic acids is 1. The lowest BCUT2D eigenvalue weighted by molar-refractivity contribution is 0.0633. The van der Waals surface area contributed by atoms with Crippen LogP contribution >= 0.6 is 46.4 Å². The van der Waals surface area contributed by atoms with Crippen LogP contribution in [-0.2, 0) is 4.74 Å². The third-order valence-corrected chi connectivity index (χ3v) is 3.68. The second-order valence-electron chi connectivity index (χ2n) is 2.88. The van der Waals surface area contributed by atoms with Gasteiger partial charge in [-0.05, 0) is 0 Å². The summed E-state index contributed by atoms with van der Waals surface area (Å²) in [6.07, 6.45) is 0.820. The molecule has 1 N–H and O–H groups in total. The lowest BCUT2D eigenvalue weighted by Gasteiger charge is -2.11. The highest BCUT2D eigenvalue weighted by molar-refractivity contribution is 6.54. The number of benzene rings is 1. The summed E-state index contributed by atoms with van der Waals surface area (Å²) in [4.78, 5) is 22.7. The van der Waals surface area contributed by atoms with Gasteiger partial charge in [-0.3, -0.25) is 0 Å². The Morgan fingerprint density at radius 1 is 1.00 bits per heavy atom. The van der Waals surface area contributed by atoms with E-state index >= 15 is 0 Å². The summed E-state index contributed by atoms with van der Waals surface area (Å²) in [5, 5.41) is 7.79. The number of hydrogen-bond acceptors (Lipinski definition) is 3. The minimum absolute atomic E-state index is 0.232. The van der Waals surface area contributed by atoms with Gasteiger partial charge in [0.25, 0.3) is 0 Å². The van der Waals surface area contributed by atoms with Crippen LogP contribution in [0.4, 0.5) is 0 Å². The predicted octanol–water partition coefficient (Wildman–Crippen LogP) is 4.30. The molecule has 1 aromatic rings. The zero-order chi connectivity index (χ0) is 14.0. The van der Waals surface area contributed by atoms with E-state index in [0.29, 0.717) is 0 Å². The smallest absolute Gasteiger partial charge is 0.345 e. The summed E-state index contributed by atoms with van der Waals surface area (Å²) in [7, 11) is 0. The zero-order valence-electron chi connectivity index (χ0n) is 8.47. The van der Waals surface area contributed by atoms with Crippen molar-refractivity contribution in [3.05, 3.63) is 44.1 Å². The summed E-state index contributed by atoms with van der Waals surface area (Å²) in [5.41, 5.74) is -1.06. The number of hydrogen-bond donors (Lipinski definition) is 1. The van der Waals surface area contributed by atoms with Crippen LogP contribution in [0, 0.1) is 0 Å². The molecular formula is C10H4Cl4O4. The third kappa shape index (κ3) is 2.57. The molecule has 0 atom stereocenters. The van der Waals surface area contributed by atoms with Crippen molar-refractivity contribution in [3.8, 4) is 0 Å². The van der Waals surface area contributed by atoms with E-state index in [4.69, 9.17) is 51.5 Å². The molecule has 0 saturated heterocycles. The molecular weight excluding hydrogens is 326 g/mol. The standard InChI is InChI=1S/C10H4Cl4O4/c1-2-18-10(17)4-3(9(15)16)5(11)7(13)8(14)6(4)12/h2H,1H2,(H,15,16). The molecule has 0 unspecified atom stereocenters. The lowest BCUT2D eigenvalue weighted by atomic mass is 10.1. The average molecular weight is 330 g/mol. The van der Waals surface area contributed by atoms with E-state index in [1.54, 1.807) is 0 Å². The third-order valence-electron chi connectivity index (χ3n) is 1.88. The van der Waals surface area contributed by atoms with E-state index < -0.39 is 28.1 Å². The molecule has 1 aromatic carbocycles. The Morgan fingerprint density at radius 2 is 1.44 bits per heavy atom. The highest BCUT2D eigenvalue weighted by Gasteiger charge is 2.29. The van der Waals surface area contributed by atoms with Gasteiger partial charge in [-0.25, -0.2) is 9.59 Å². The van der Waals surface area contributed by atoms with Crippen molar-refractivity contribution in [2.75, 3.05) is 0 Å². The fourth-order valence-electron chi connectivity index (χ4n) is 1.16. The highest BCUT2D eigenvalue weighted by Crippen LogP contribution is 2.41. The molecule has 0 heterocycles. The molecule has 0 aliphatic carbocycles. The van der Waals surface area contributed by atoms with Gasteiger partial charge in [0.05, 0.1) is 37.5 Å². The van der Waals surface area contributed by atoms with Crippen LogP contribution in [0.15, 0.2) is 12.8 Å². The summed E-state index contributed by atoms with van der Waals surface area (Å²) >= 11 is 22.9. The first-order valence-corrected chi connectivity index (χ1v) is 5.75. The van der Waals surface area contributed by atoms with Crippen molar-refractivity contribution in [2.24, 2.45) is 0 Å². The average Bonchev–Trinajstić information content (AvgIpc) is 2.30. The lowest BCUT2D eigenvalue weighted by Crippen LogP contribution is -2.12. The van der Waals surface area contributed by atoms with E-state index in [9.17, 15) is 9.59 Å². The summed E-state index contributed by atoms with van der Waals surface area (Å²) in [6, 6.07) is 0. The molecule has 0 spiro atoms. The molecule has 4 nitrogen and oxygen atoms in total. The SMILES string of the molecule is C=COC(=O)c1c(Cl)c(Cl)c(Cl)c(Cl)c1C(=O)O. The number of ether oxygens (including phenoxy) is 1. The zero-order valence-corrected chi connectivity index (χ0v) is 11.5. The first kappa shape index (κ1) is 15.1. The van der Waals surface area contributed by atoms with E-state index in [0.717, 1.165) is 6.26 Å². The number of rotatable bonds is 3. The molecule has 0 aliphatic heterocycles. The van der Waals surface area contributed by atoms with Crippen molar-refractivity contribution in [1.29, 1.82) is 0 Å². The van der Waals surface area contributed by atoms with Crippen LogP contribution in [-0.4, -0.2) is 17.0 Å². The second kappa shape index (κ2) is 5.80. The number of carboxylic acid groups (broad SMARTS) is 1. The van der Waals surface area contributed by atoms with Crippen molar-refractivity contribution in [2.45, 2.75) is 0 Å². The Labute approximate surface area is 122 Å². The van der Waals surface area contributed by atoms with Gasteiger partial charge in [0.2, 0.25) is 0 Å². The number of carbonyl (C=O) groups excluding carboxylic acids is 1. The Balaban J connectivity index is 3.71. The van der Waals surface area contributed by atoms with Gasteiger partial charge >= 0.3 is 11.9 Å². The summed E-state index contributed by atoms with van der Waals surface area (Å²) < 4.78 is 4.47. The fraction of sp³-hybridized carbons (Fsp3) is 0. The fourth-order valence-corrected chi connectivity index (χ4v) is 2.17. The summed E-state index contributed by atoms with van der Waals surface area (Å²) in [6.45, 7) is 3.17. The first-order valence-electron chi connectivity index (χ1n) is 4.24. The van der Waals surface area contributed by atoms with E-state index in [-0.39, 0.29) is 15.1 Å². The first-order chi connectivity index (χ1) is 8.32. The quantitative estimate of drug-likeness (QED) is 0.388. The van der Waals surface area contributed by atoms with Gasteiger partial charge in [0.15, 0.2) is 0 Å². The molecule has 0 bridgehead atoms. The van der Waals surface area contributed by atoms with Gasteiger partial charge in [-0.2, -0.15) is 0 Å². The molecule has 8 heteroatoms. The maximum absolute atomic E-state index is 11.6. The predicted molar refractivity (Wildman–Crippen MR) is 69.1 cm³/mol. The number of carbonyl (C=O) groups is 2. The Hall–Kier alpha value is -0.940. The van der Waals surface area contributed by atoms with Crippen molar-refractivity contribution in [1.82, 2.24) is 0 Å². The largest absolute Gasteiger partial charge is 0.478 e. The normalized spacial score (nSPS) is 10.0. The molecule has 96 valence electrons. The van der Waals surface area contributed by atoms with Crippen LogP contribution in [0.2, 0.25) is 20.1 Å². The second-order valence-corrected chi connectivity index (χ2v) is 4.39. The molecule has 1 rings (SSSR count). The van der Waals surface area contributed by atoms with E-state index in [2.05, 4.69) is 11.3 Å². The van der Waals surface area contributed by atoms with Crippen LogP contribution in [0.25, 0.3) is 0 Å². The molecule has 0 amide bonds. The number of aromatic carboxylic acids is 1. The maximum atomic E-state index is 11.6. The molecule has 0 saturated carbocycles. The topological polar surface area (TPSA) is 63.6 Å². The van der Waals surface area contributed by atoms with Crippen LogP contribution < -0.4 is 0 Å². The van der Waals surface area contributed by atoms with Crippen LogP contribution in [0.5, 0.6) is 0 Å². The monoisotopic (exact) mass is 328 g/mol. The van der Waals surface area contributed by atoms with Crippen molar-refractivity contribution in [3.63, 3.8) is 0 Å². The van der Waals surface area contributed by atoms with Gasteiger partial charge in [0, 0.05) is 0 Å².